The Morgan fingerprint density at radius 3 is 2.53 bits per heavy atom. The molecule has 3 amide bonds. The first kappa shape index (κ1) is 20.3. The Bertz CT molecular complexity index is 1050. The number of nitrogens with zero attached hydrogens (tertiary/aromatic N) is 1. The highest BCUT2D eigenvalue weighted by molar-refractivity contribution is 8.18. The van der Waals surface area contributed by atoms with Crippen LogP contribution in [0.2, 0.25) is 5.02 Å². The fourth-order valence-corrected chi connectivity index (χ4v) is 3.98. The zero-order valence-corrected chi connectivity index (χ0v) is 17.5. The second kappa shape index (κ2) is 8.41. The zero-order chi connectivity index (χ0) is 21.3. The Balaban J connectivity index is 1.41. The summed E-state index contributed by atoms with van der Waals surface area (Å²) in [7, 11) is 1.73. The summed E-state index contributed by atoms with van der Waals surface area (Å²) in [4.78, 5) is 36.3. The monoisotopic (exact) mass is 444 g/mol. The first-order chi connectivity index (χ1) is 14.4. The summed E-state index contributed by atoms with van der Waals surface area (Å²) in [5, 5.41) is 2.21. The number of halogens is 1. The van der Waals surface area contributed by atoms with E-state index in [9.17, 15) is 14.4 Å². The molecule has 9 heteroatoms. The second-order valence-corrected chi connectivity index (χ2v) is 8.25. The predicted octanol–water partition coefficient (Wildman–Crippen LogP) is 4.45. The third kappa shape index (κ3) is 4.44. The number of benzene rings is 2. The largest absolute Gasteiger partial charge is 0.457 e. The number of amides is 3. The first-order valence-corrected chi connectivity index (χ1v) is 10.3. The maximum absolute atomic E-state index is 11.7. The van der Waals surface area contributed by atoms with Crippen molar-refractivity contribution in [3.05, 3.63) is 63.5 Å². The first-order valence-electron chi connectivity index (χ1n) is 9.10. The van der Waals surface area contributed by atoms with Crippen LogP contribution in [0.25, 0.3) is 6.08 Å². The number of hydrogen-bond donors (Lipinski definition) is 1. The number of likely N-dealkylation sites (N-methyl/N-ethyl adjacent to an activating group) is 1. The van der Waals surface area contributed by atoms with Gasteiger partial charge in [0.2, 0.25) is 0 Å². The van der Waals surface area contributed by atoms with E-state index in [0.717, 1.165) is 17.3 Å². The van der Waals surface area contributed by atoms with Gasteiger partial charge >= 0.3 is 6.09 Å². The maximum atomic E-state index is 11.7. The molecular formula is C21H17ClN2O5S. The van der Waals surface area contributed by atoms with Crippen molar-refractivity contribution < 1.29 is 23.9 Å². The van der Waals surface area contributed by atoms with Gasteiger partial charge in [-0.2, -0.15) is 0 Å². The molecule has 1 atom stereocenters. The Labute approximate surface area is 182 Å². The number of imide groups is 1. The lowest BCUT2D eigenvalue weighted by Gasteiger charge is -2.16. The third-order valence-corrected chi connectivity index (χ3v) is 5.90. The minimum atomic E-state index is -0.429. The SMILES string of the molecule is CN1C(=O)OCC1Cc1ccc(Oc2ccc(/C=C3/SC(=O)NC3=O)c(Cl)c2)cc1. The Morgan fingerprint density at radius 1 is 1.20 bits per heavy atom. The summed E-state index contributed by atoms with van der Waals surface area (Å²) >= 11 is 7.15. The molecule has 4 rings (SSSR count). The number of hydrogen-bond acceptors (Lipinski definition) is 6. The number of rotatable bonds is 5. The van der Waals surface area contributed by atoms with Gasteiger partial charge in [-0.25, -0.2) is 4.79 Å². The molecule has 0 saturated carbocycles. The van der Waals surface area contributed by atoms with Gasteiger partial charge in [0.15, 0.2) is 0 Å². The molecule has 0 aromatic heterocycles. The lowest BCUT2D eigenvalue weighted by Crippen LogP contribution is -2.30. The van der Waals surface area contributed by atoms with Gasteiger partial charge in [0.1, 0.15) is 18.1 Å². The fourth-order valence-electron chi connectivity index (χ4n) is 3.08. The van der Waals surface area contributed by atoms with Crippen LogP contribution in [0.15, 0.2) is 47.4 Å². The molecule has 2 aliphatic heterocycles. The number of thioether (sulfide) groups is 1. The minimum Gasteiger partial charge on any atom is -0.457 e. The molecule has 7 nitrogen and oxygen atoms in total. The molecule has 0 radical (unpaired) electrons. The predicted molar refractivity (Wildman–Crippen MR) is 114 cm³/mol. The van der Waals surface area contributed by atoms with Gasteiger partial charge in [-0.3, -0.25) is 14.9 Å². The van der Waals surface area contributed by atoms with Gasteiger partial charge in [-0.05, 0) is 65.7 Å². The van der Waals surface area contributed by atoms with E-state index in [4.69, 9.17) is 21.1 Å². The van der Waals surface area contributed by atoms with Crippen molar-refractivity contribution in [3.63, 3.8) is 0 Å². The highest BCUT2D eigenvalue weighted by atomic mass is 35.5. The van der Waals surface area contributed by atoms with Crippen molar-refractivity contribution in [1.29, 1.82) is 0 Å². The molecular weight excluding hydrogens is 428 g/mol. The Kier molecular flexibility index (Phi) is 5.69. The van der Waals surface area contributed by atoms with Crippen molar-refractivity contribution in [1.82, 2.24) is 10.2 Å². The van der Waals surface area contributed by atoms with E-state index in [0.29, 0.717) is 40.0 Å². The Morgan fingerprint density at radius 2 is 1.93 bits per heavy atom. The fraction of sp³-hybridized carbons (Fsp3) is 0.190. The quantitative estimate of drug-likeness (QED) is 0.686. The number of cyclic esters (lactones) is 1. The van der Waals surface area contributed by atoms with E-state index < -0.39 is 11.1 Å². The molecule has 0 aliphatic carbocycles. The zero-order valence-electron chi connectivity index (χ0n) is 15.9. The van der Waals surface area contributed by atoms with Gasteiger partial charge in [0.05, 0.1) is 16.0 Å². The van der Waals surface area contributed by atoms with Gasteiger partial charge in [-0.15, -0.1) is 0 Å². The van der Waals surface area contributed by atoms with E-state index in [1.807, 2.05) is 24.3 Å². The van der Waals surface area contributed by atoms with Gasteiger partial charge in [-0.1, -0.05) is 23.7 Å². The summed E-state index contributed by atoms with van der Waals surface area (Å²) in [5.74, 6) is 0.759. The topological polar surface area (TPSA) is 84.9 Å². The van der Waals surface area contributed by atoms with Crippen LogP contribution in [0.4, 0.5) is 9.59 Å². The highest BCUT2D eigenvalue weighted by Gasteiger charge is 2.29. The van der Waals surface area contributed by atoms with E-state index in [-0.39, 0.29) is 12.1 Å². The average molecular weight is 445 g/mol. The van der Waals surface area contributed by atoms with Crippen molar-refractivity contribution >= 4 is 46.7 Å². The maximum Gasteiger partial charge on any atom is 0.409 e. The molecule has 30 heavy (non-hydrogen) atoms. The lowest BCUT2D eigenvalue weighted by molar-refractivity contribution is -0.115. The minimum absolute atomic E-state index is 0.0279. The van der Waals surface area contributed by atoms with Crippen molar-refractivity contribution in [2.75, 3.05) is 13.7 Å². The molecule has 0 bridgehead atoms. The van der Waals surface area contributed by atoms with E-state index in [1.165, 1.54) is 0 Å². The molecule has 154 valence electrons. The van der Waals surface area contributed by atoms with E-state index in [1.54, 1.807) is 36.2 Å². The van der Waals surface area contributed by atoms with Crippen LogP contribution in [0.5, 0.6) is 11.5 Å². The molecule has 2 aromatic carbocycles. The molecule has 2 aliphatic rings. The summed E-state index contributed by atoms with van der Waals surface area (Å²) in [6.07, 6.45) is 1.97. The number of carbonyl (C=O) groups is 3. The van der Waals surface area contributed by atoms with Crippen molar-refractivity contribution in [3.8, 4) is 11.5 Å². The molecule has 2 fully saturated rings. The molecule has 1 unspecified atom stereocenters. The standard InChI is InChI=1S/C21H17ClN2O5S/c1-24-14(11-28-21(24)27)8-12-2-5-15(6-3-12)29-16-7-4-13(17(22)10-16)9-18-19(25)23-20(26)30-18/h2-7,9-10,14H,8,11H2,1H3,(H,23,25,26)/b18-9+. The molecule has 1 N–H and O–H groups in total. The van der Waals surface area contributed by atoms with Gasteiger partial charge < -0.3 is 14.4 Å². The molecule has 2 saturated heterocycles. The van der Waals surface area contributed by atoms with E-state index in [2.05, 4.69) is 5.32 Å². The smallest absolute Gasteiger partial charge is 0.409 e. The van der Waals surface area contributed by atoms with Crippen LogP contribution < -0.4 is 10.1 Å². The molecule has 0 spiro atoms. The van der Waals surface area contributed by atoms with Gasteiger partial charge in [0, 0.05) is 7.05 Å². The summed E-state index contributed by atoms with van der Waals surface area (Å²) in [6, 6.07) is 12.7. The highest BCUT2D eigenvalue weighted by Crippen LogP contribution is 2.31. The van der Waals surface area contributed by atoms with Crippen molar-refractivity contribution in [2.45, 2.75) is 12.5 Å². The summed E-state index contributed by atoms with van der Waals surface area (Å²) in [6.45, 7) is 0.392. The van der Waals surface area contributed by atoms with E-state index >= 15 is 0 Å². The average Bonchev–Trinajstić information content (AvgIpc) is 3.20. The lowest BCUT2D eigenvalue weighted by atomic mass is 10.1. The number of nitrogens with one attached hydrogen (secondary N) is 1. The summed E-state index contributed by atoms with van der Waals surface area (Å²) < 4.78 is 10.9. The van der Waals surface area contributed by atoms with Crippen LogP contribution in [0.1, 0.15) is 11.1 Å². The normalized spacial score (nSPS) is 19.9. The van der Waals surface area contributed by atoms with Crippen LogP contribution in [0, 0.1) is 0 Å². The number of ether oxygens (including phenoxy) is 2. The van der Waals surface area contributed by atoms with Crippen molar-refractivity contribution in [2.24, 2.45) is 0 Å². The van der Waals surface area contributed by atoms with Crippen LogP contribution in [0.3, 0.4) is 0 Å². The molecule has 2 heterocycles. The second-order valence-electron chi connectivity index (χ2n) is 6.83. The van der Waals surface area contributed by atoms with Crippen LogP contribution in [-0.4, -0.2) is 41.8 Å². The third-order valence-electron chi connectivity index (χ3n) is 4.77. The Hall–Kier alpha value is -2.97. The van der Waals surface area contributed by atoms with Gasteiger partial charge in [0.25, 0.3) is 11.1 Å². The molecule has 2 aromatic rings. The number of carbonyl (C=O) groups excluding carboxylic acids is 3. The summed E-state index contributed by atoms with van der Waals surface area (Å²) in [5.41, 5.74) is 1.68. The van der Waals surface area contributed by atoms with Crippen LogP contribution in [-0.2, 0) is 16.0 Å². The van der Waals surface area contributed by atoms with Crippen LogP contribution >= 0.6 is 23.4 Å².